The van der Waals surface area contributed by atoms with Crippen molar-refractivity contribution in [3.05, 3.63) is 47.4 Å². The summed E-state index contributed by atoms with van der Waals surface area (Å²) in [5.74, 6) is 2.55. The SMILES string of the molecule is CCc1cc(NC(C)COc2ccc(C)cc2)nc(C)n1. The summed E-state index contributed by atoms with van der Waals surface area (Å²) in [5.41, 5.74) is 2.29. The lowest BCUT2D eigenvalue weighted by Crippen LogP contribution is -2.24. The fourth-order valence-electron chi connectivity index (χ4n) is 2.03. The molecule has 112 valence electrons. The third-order valence-corrected chi connectivity index (χ3v) is 3.17. The second-order valence-electron chi connectivity index (χ2n) is 5.31. The van der Waals surface area contributed by atoms with Crippen LogP contribution in [0.5, 0.6) is 5.75 Å². The molecule has 0 aliphatic heterocycles. The molecule has 0 aliphatic rings. The minimum absolute atomic E-state index is 0.172. The summed E-state index contributed by atoms with van der Waals surface area (Å²) >= 11 is 0. The lowest BCUT2D eigenvalue weighted by atomic mass is 10.2. The molecule has 1 N–H and O–H groups in total. The van der Waals surface area contributed by atoms with Gasteiger partial charge in [0, 0.05) is 11.8 Å². The molecule has 1 atom stereocenters. The molecular weight excluding hydrogens is 262 g/mol. The van der Waals surface area contributed by atoms with Gasteiger partial charge in [0.2, 0.25) is 0 Å². The average Bonchev–Trinajstić information content (AvgIpc) is 2.46. The van der Waals surface area contributed by atoms with E-state index in [1.807, 2.05) is 25.1 Å². The van der Waals surface area contributed by atoms with Crippen LogP contribution in [0.2, 0.25) is 0 Å². The number of nitrogens with one attached hydrogen (secondary N) is 1. The van der Waals surface area contributed by atoms with Crippen LogP contribution in [0.15, 0.2) is 30.3 Å². The van der Waals surface area contributed by atoms with Crippen LogP contribution in [0.3, 0.4) is 0 Å². The van der Waals surface area contributed by atoms with Gasteiger partial charge in [0.1, 0.15) is 24.0 Å². The van der Waals surface area contributed by atoms with Gasteiger partial charge in [-0.3, -0.25) is 0 Å². The lowest BCUT2D eigenvalue weighted by molar-refractivity contribution is 0.303. The van der Waals surface area contributed by atoms with Gasteiger partial charge in [-0.15, -0.1) is 0 Å². The summed E-state index contributed by atoms with van der Waals surface area (Å²) in [6.07, 6.45) is 0.909. The standard InChI is InChI=1S/C17H23N3O/c1-5-15-10-17(20-14(4)19-15)18-13(3)11-21-16-8-6-12(2)7-9-16/h6-10,13H,5,11H2,1-4H3,(H,18,19,20). The molecule has 0 amide bonds. The highest BCUT2D eigenvalue weighted by molar-refractivity contribution is 5.37. The Balaban J connectivity index is 1.90. The molecule has 1 heterocycles. The largest absolute Gasteiger partial charge is 0.491 e. The fraction of sp³-hybridized carbons (Fsp3) is 0.412. The Labute approximate surface area is 126 Å². The molecule has 0 spiro atoms. The van der Waals surface area contributed by atoms with Crippen LogP contribution in [0.25, 0.3) is 0 Å². The number of aromatic nitrogens is 2. The van der Waals surface area contributed by atoms with E-state index in [1.54, 1.807) is 0 Å². The second-order valence-corrected chi connectivity index (χ2v) is 5.31. The summed E-state index contributed by atoms with van der Waals surface area (Å²) < 4.78 is 5.78. The van der Waals surface area contributed by atoms with Gasteiger partial charge in [-0.1, -0.05) is 24.6 Å². The smallest absolute Gasteiger partial charge is 0.130 e. The Morgan fingerprint density at radius 3 is 2.52 bits per heavy atom. The monoisotopic (exact) mass is 285 g/mol. The molecule has 1 aromatic carbocycles. The van der Waals surface area contributed by atoms with E-state index in [0.717, 1.165) is 29.5 Å². The van der Waals surface area contributed by atoms with Gasteiger partial charge in [0.05, 0.1) is 6.04 Å². The highest BCUT2D eigenvalue weighted by Crippen LogP contribution is 2.13. The van der Waals surface area contributed by atoms with Gasteiger partial charge >= 0.3 is 0 Å². The maximum Gasteiger partial charge on any atom is 0.130 e. The third-order valence-electron chi connectivity index (χ3n) is 3.17. The second kappa shape index (κ2) is 7.07. The van der Waals surface area contributed by atoms with Gasteiger partial charge in [-0.25, -0.2) is 9.97 Å². The Bertz CT molecular complexity index is 581. The zero-order valence-corrected chi connectivity index (χ0v) is 13.2. The zero-order chi connectivity index (χ0) is 15.2. The Kier molecular flexibility index (Phi) is 5.14. The molecule has 21 heavy (non-hydrogen) atoms. The van der Waals surface area contributed by atoms with Crippen LogP contribution >= 0.6 is 0 Å². The molecule has 4 nitrogen and oxygen atoms in total. The van der Waals surface area contributed by atoms with Crippen molar-refractivity contribution in [2.75, 3.05) is 11.9 Å². The van der Waals surface area contributed by atoms with Crippen LogP contribution in [0.1, 0.15) is 30.9 Å². The summed E-state index contributed by atoms with van der Waals surface area (Å²) in [6.45, 7) is 8.74. The summed E-state index contributed by atoms with van der Waals surface area (Å²) in [6, 6.07) is 10.3. The summed E-state index contributed by atoms with van der Waals surface area (Å²) in [7, 11) is 0. The Hall–Kier alpha value is -2.10. The minimum Gasteiger partial charge on any atom is -0.491 e. The maximum atomic E-state index is 5.78. The summed E-state index contributed by atoms with van der Waals surface area (Å²) in [4.78, 5) is 8.79. The van der Waals surface area contributed by atoms with Crippen molar-refractivity contribution in [1.82, 2.24) is 9.97 Å². The molecule has 0 aliphatic carbocycles. The van der Waals surface area contributed by atoms with Crippen molar-refractivity contribution in [1.29, 1.82) is 0 Å². The first-order valence-electron chi connectivity index (χ1n) is 7.37. The number of aryl methyl sites for hydroxylation is 3. The topological polar surface area (TPSA) is 47.0 Å². The van der Waals surface area contributed by atoms with Crippen LogP contribution in [-0.4, -0.2) is 22.6 Å². The predicted molar refractivity (Wildman–Crippen MR) is 85.9 cm³/mol. The van der Waals surface area contributed by atoms with Crippen LogP contribution in [0, 0.1) is 13.8 Å². The molecule has 4 heteroatoms. The molecule has 0 bridgehead atoms. The predicted octanol–water partition coefficient (Wildman–Crippen LogP) is 3.54. The molecule has 2 rings (SSSR count). The van der Waals surface area contributed by atoms with E-state index in [-0.39, 0.29) is 6.04 Å². The number of hydrogen-bond acceptors (Lipinski definition) is 4. The summed E-state index contributed by atoms with van der Waals surface area (Å²) in [5, 5.41) is 3.36. The Morgan fingerprint density at radius 2 is 1.86 bits per heavy atom. The van der Waals surface area contributed by atoms with Gasteiger partial charge < -0.3 is 10.1 Å². The molecule has 0 saturated heterocycles. The quantitative estimate of drug-likeness (QED) is 0.882. The van der Waals surface area contributed by atoms with Crippen molar-refractivity contribution in [2.45, 2.75) is 40.2 Å². The molecule has 1 aromatic heterocycles. The van der Waals surface area contributed by atoms with Crippen molar-refractivity contribution in [2.24, 2.45) is 0 Å². The first-order chi connectivity index (χ1) is 10.1. The van der Waals surface area contributed by atoms with Gasteiger partial charge in [-0.2, -0.15) is 0 Å². The number of ether oxygens (including phenoxy) is 1. The number of nitrogens with zero attached hydrogens (tertiary/aromatic N) is 2. The lowest BCUT2D eigenvalue weighted by Gasteiger charge is -2.16. The third kappa shape index (κ3) is 4.74. The highest BCUT2D eigenvalue weighted by atomic mass is 16.5. The first kappa shape index (κ1) is 15.3. The van der Waals surface area contributed by atoms with E-state index in [1.165, 1.54) is 5.56 Å². The first-order valence-corrected chi connectivity index (χ1v) is 7.37. The van der Waals surface area contributed by atoms with E-state index in [9.17, 15) is 0 Å². The van der Waals surface area contributed by atoms with Crippen molar-refractivity contribution >= 4 is 5.82 Å². The number of rotatable bonds is 6. The minimum atomic E-state index is 0.172. The van der Waals surface area contributed by atoms with Gasteiger partial charge in [0.15, 0.2) is 0 Å². The van der Waals surface area contributed by atoms with E-state index < -0.39 is 0 Å². The molecule has 1 unspecified atom stereocenters. The van der Waals surface area contributed by atoms with E-state index in [4.69, 9.17) is 4.74 Å². The van der Waals surface area contributed by atoms with Gasteiger partial charge in [-0.05, 0) is 39.3 Å². The van der Waals surface area contributed by atoms with Crippen molar-refractivity contribution in [3.8, 4) is 5.75 Å². The zero-order valence-electron chi connectivity index (χ0n) is 13.2. The van der Waals surface area contributed by atoms with E-state index in [2.05, 4.69) is 48.2 Å². The van der Waals surface area contributed by atoms with Crippen LogP contribution in [-0.2, 0) is 6.42 Å². The van der Waals surface area contributed by atoms with Crippen LogP contribution in [0.4, 0.5) is 5.82 Å². The van der Waals surface area contributed by atoms with Gasteiger partial charge in [0.25, 0.3) is 0 Å². The molecule has 0 fully saturated rings. The molecule has 0 saturated carbocycles. The van der Waals surface area contributed by atoms with Crippen LogP contribution < -0.4 is 10.1 Å². The molecular formula is C17H23N3O. The maximum absolute atomic E-state index is 5.78. The highest BCUT2D eigenvalue weighted by Gasteiger charge is 2.06. The molecule has 0 radical (unpaired) electrons. The van der Waals surface area contributed by atoms with E-state index in [0.29, 0.717) is 6.61 Å². The number of anilines is 1. The normalized spacial score (nSPS) is 12.0. The average molecular weight is 285 g/mol. The number of hydrogen-bond donors (Lipinski definition) is 1. The molecule has 2 aromatic rings. The fourth-order valence-corrected chi connectivity index (χ4v) is 2.03. The van der Waals surface area contributed by atoms with E-state index >= 15 is 0 Å². The van der Waals surface area contributed by atoms with Crippen molar-refractivity contribution < 1.29 is 4.74 Å². The Morgan fingerprint density at radius 1 is 1.14 bits per heavy atom. The van der Waals surface area contributed by atoms with Crippen molar-refractivity contribution in [3.63, 3.8) is 0 Å². The number of benzene rings is 1.